The quantitative estimate of drug-likeness (QED) is 0.684. The molecule has 2 aliphatic rings. The number of carbonyl (C=O) groups excluding carboxylic acids is 2. The molecule has 1 atom stereocenters. The number of benzene rings is 2. The van der Waals surface area contributed by atoms with E-state index in [-0.39, 0.29) is 35.8 Å². The molecule has 7 nitrogen and oxygen atoms in total. The van der Waals surface area contributed by atoms with E-state index in [4.69, 9.17) is 9.15 Å². The third-order valence-corrected chi connectivity index (χ3v) is 5.79. The van der Waals surface area contributed by atoms with Gasteiger partial charge in [-0.05, 0) is 18.2 Å². The number of fused-ring (bicyclic) bond motifs is 5. The molecule has 3 heterocycles. The maximum Gasteiger partial charge on any atom is 0.291 e. The second-order valence-electron chi connectivity index (χ2n) is 7.17. The van der Waals surface area contributed by atoms with Crippen LogP contribution in [0.15, 0.2) is 57.7 Å². The Morgan fingerprint density at radius 3 is 2.55 bits per heavy atom. The molecule has 0 saturated carbocycles. The predicted octanol–water partition coefficient (Wildman–Crippen LogP) is 2.12. The lowest BCUT2D eigenvalue weighted by molar-refractivity contribution is -0.126. The zero-order valence-electron chi connectivity index (χ0n) is 16.0. The van der Waals surface area contributed by atoms with Gasteiger partial charge in [0.2, 0.25) is 5.76 Å². The number of anilines is 1. The van der Waals surface area contributed by atoms with Gasteiger partial charge in [-0.1, -0.05) is 30.3 Å². The molecule has 0 unspecified atom stereocenters. The Morgan fingerprint density at radius 2 is 1.76 bits per heavy atom. The van der Waals surface area contributed by atoms with Gasteiger partial charge in [0.05, 0.1) is 17.6 Å². The maximum atomic E-state index is 13.7. The molecule has 0 N–H and O–H groups in total. The summed E-state index contributed by atoms with van der Waals surface area (Å²) in [6.45, 7) is 0.359. The molecule has 2 aliphatic heterocycles. The number of likely N-dealkylation sites (N-methyl/N-ethyl adjacent to an activating group) is 1. The summed E-state index contributed by atoms with van der Waals surface area (Å²) < 4.78 is 11.1. The van der Waals surface area contributed by atoms with Crippen LogP contribution >= 0.6 is 0 Å². The Hall–Kier alpha value is -3.45. The fourth-order valence-electron chi connectivity index (χ4n) is 4.52. The van der Waals surface area contributed by atoms with Crippen molar-refractivity contribution >= 4 is 28.5 Å². The lowest BCUT2D eigenvalue weighted by Gasteiger charge is -2.33. The molecule has 7 heteroatoms. The molecule has 1 aromatic heterocycles. The first-order chi connectivity index (χ1) is 14.0. The number of hydrogen-bond donors (Lipinski definition) is 0. The molecule has 2 amide bonds. The molecule has 2 aromatic carbocycles. The normalized spacial score (nSPS) is 20.1. The lowest BCUT2D eigenvalue weighted by atomic mass is 9.84. The van der Waals surface area contributed by atoms with Crippen LogP contribution in [0.4, 0.5) is 5.69 Å². The second kappa shape index (κ2) is 6.02. The third kappa shape index (κ3) is 2.02. The average Bonchev–Trinajstić information content (AvgIpc) is 3.12. The topological polar surface area (TPSA) is 80.1 Å². The molecular formula is C22H18N2O5. The smallest absolute Gasteiger partial charge is 0.291 e. The van der Waals surface area contributed by atoms with Crippen LogP contribution in [0.1, 0.15) is 21.7 Å². The number of methoxy groups -OCH3 is 1. The van der Waals surface area contributed by atoms with Crippen molar-refractivity contribution in [2.24, 2.45) is 0 Å². The van der Waals surface area contributed by atoms with Gasteiger partial charge in [0.25, 0.3) is 11.8 Å². The Morgan fingerprint density at radius 1 is 1.03 bits per heavy atom. The summed E-state index contributed by atoms with van der Waals surface area (Å²) in [6.07, 6.45) is 0. The van der Waals surface area contributed by atoms with E-state index in [1.807, 2.05) is 12.1 Å². The fraction of sp³-hybridized carbons (Fsp3) is 0.227. The molecule has 0 radical (unpaired) electrons. The number of hydrogen-bond acceptors (Lipinski definition) is 5. The Kier molecular flexibility index (Phi) is 3.66. The van der Waals surface area contributed by atoms with E-state index in [2.05, 4.69) is 0 Å². The molecular weight excluding hydrogens is 372 g/mol. The number of carbonyl (C=O) groups is 2. The van der Waals surface area contributed by atoms with Crippen LogP contribution in [0, 0.1) is 0 Å². The van der Waals surface area contributed by atoms with E-state index in [1.165, 1.54) is 16.9 Å². The standard InChI is InChI=1S/C22H18N2O5/c1-23-15-9-5-4-8-14(15)22(21(23)27)17-18(25)13-7-3-6-10-16(13)29-19(17)20(26)24(22)11-12-28-2/h3-10H,11-12H2,1-2H3/t22-/m0/s1. The molecule has 0 fully saturated rings. The maximum absolute atomic E-state index is 13.7. The molecule has 0 saturated heterocycles. The van der Waals surface area contributed by atoms with Crippen molar-refractivity contribution < 1.29 is 18.7 Å². The monoisotopic (exact) mass is 390 g/mol. The van der Waals surface area contributed by atoms with Crippen molar-refractivity contribution in [3.05, 3.63) is 75.6 Å². The average molecular weight is 390 g/mol. The predicted molar refractivity (Wildman–Crippen MR) is 106 cm³/mol. The summed E-state index contributed by atoms with van der Waals surface area (Å²) in [4.78, 5) is 43.5. The van der Waals surface area contributed by atoms with Crippen LogP contribution in [-0.4, -0.2) is 44.0 Å². The van der Waals surface area contributed by atoms with Crippen LogP contribution < -0.4 is 10.3 Å². The summed E-state index contributed by atoms with van der Waals surface area (Å²) in [5, 5.41) is 0.340. The van der Waals surface area contributed by atoms with Gasteiger partial charge in [0.1, 0.15) is 5.58 Å². The first kappa shape index (κ1) is 17.6. The summed E-state index contributed by atoms with van der Waals surface area (Å²) in [6, 6.07) is 14.0. The number of amides is 2. The van der Waals surface area contributed by atoms with Gasteiger partial charge in [0, 0.05) is 32.0 Å². The Labute approximate surface area is 166 Å². The molecule has 1 spiro atoms. The molecule has 29 heavy (non-hydrogen) atoms. The van der Waals surface area contributed by atoms with E-state index in [0.717, 1.165) is 0 Å². The van der Waals surface area contributed by atoms with Crippen molar-refractivity contribution in [1.29, 1.82) is 0 Å². The van der Waals surface area contributed by atoms with Crippen LogP contribution in [0.5, 0.6) is 0 Å². The molecule has 5 rings (SSSR count). The number of nitrogens with zero attached hydrogens (tertiary/aromatic N) is 2. The van der Waals surface area contributed by atoms with Crippen LogP contribution in [0.3, 0.4) is 0 Å². The summed E-state index contributed by atoms with van der Waals surface area (Å²) in [5.41, 5.74) is -0.263. The minimum atomic E-state index is -1.55. The SMILES string of the molecule is COCCN1C(=O)c2oc3ccccc3c(=O)c2[C@@]12C(=O)N(C)c1ccccc12. The Balaban J connectivity index is 1.93. The summed E-state index contributed by atoms with van der Waals surface area (Å²) >= 11 is 0. The molecule has 0 aliphatic carbocycles. The van der Waals surface area contributed by atoms with Gasteiger partial charge in [0.15, 0.2) is 11.0 Å². The van der Waals surface area contributed by atoms with Gasteiger partial charge in [-0.15, -0.1) is 0 Å². The highest BCUT2D eigenvalue weighted by Gasteiger charge is 2.64. The largest absolute Gasteiger partial charge is 0.450 e. The number of para-hydroxylation sites is 2. The van der Waals surface area contributed by atoms with Crippen molar-refractivity contribution in [2.45, 2.75) is 5.54 Å². The summed E-state index contributed by atoms with van der Waals surface area (Å²) in [7, 11) is 3.17. The van der Waals surface area contributed by atoms with Crippen molar-refractivity contribution in [1.82, 2.24) is 4.90 Å². The van der Waals surface area contributed by atoms with E-state index in [0.29, 0.717) is 22.2 Å². The minimum Gasteiger partial charge on any atom is -0.450 e. The molecule has 0 bridgehead atoms. The molecule has 146 valence electrons. The number of rotatable bonds is 3. The van der Waals surface area contributed by atoms with Gasteiger partial charge in [-0.3, -0.25) is 14.4 Å². The second-order valence-corrected chi connectivity index (χ2v) is 7.17. The van der Waals surface area contributed by atoms with E-state index in [9.17, 15) is 14.4 Å². The lowest BCUT2D eigenvalue weighted by Crippen LogP contribution is -2.53. The van der Waals surface area contributed by atoms with Crippen LogP contribution in [0.25, 0.3) is 11.0 Å². The zero-order chi connectivity index (χ0) is 20.3. The fourth-order valence-corrected chi connectivity index (χ4v) is 4.52. The molecule has 3 aromatic rings. The highest BCUT2D eigenvalue weighted by atomic mass is 16.5. The van der Waals surface area contributed by atoms with Gasteiger partial charge in [-0.2, -0.15) is 0 Å². The van der Waals surface area contributed by atoms with Gasteiger partial charge in [-0.25, -0.2) is 0 Å². The van der Waals surface area contributed by atoms with Crippen LogP contribution in [-0.2, 0) is 15.1 Å². The zero-order valence-corrected chi connectivity index (χ0v) is 16.0. The van der Waals surface area contributed by atoms with Gasteiger partial charge < -0.3 is 19.0 Å². The van der Waals surface area contributed by atoms with Crippen LogP contribution in [0.2, 0.25) is 0 Å². The van der Waals surface area contributed by atoms with Crippen molar-refractivity contribution in [3.8, 4) is 0 Å². The minimum absolute atomic E-state index is 0.0803. The highest BCUT2D eigenvalue weighted by molar-refractivity contribution is 6.16. The summed E-state index contributed by atoms with van der Waals surface area (Å²) in [5.74, 6) is -0.925. The van der Waals surface area contributed by atoms with Gasteiger partial charge >= 0.3 is 0 Å². The van der Waals surface area contributed by atoms with E-state index in [1.54, 1.807) is 43.4 Å². The van der Waals surface area contributed by atoms with Crippen molar-refractivity contribution in [3.63, 3.8) is 0 Å². The number of ether oxygens (including phenoxy) is 1. The van der Waals surface area contributed by atoms with E-state index >= 15 is 0 Å². The Bertz CT molecular complexity index is 1250. The van der Waals surface area contributed by atoms with Crippen molar-refractivity contribution in [2.75, 3.05) is 32.2 Å². The first-order valence-electron chi connectivity index (χ1n) is 9.28. The third-order valence-electron chi connectivity index (χ3n) is 5.79. The van der Waals surface area contributed by atoms with E-state index < -0.39 is 11.4 Å². The first-order valence-corrected chi connectivity index (χ1v) is 9.28. The highest BCUT2D eigenvalue weighted by Crippen LogP contribution is 2.51.